The van der Waals surface area contributed by atoms with Crippen molar-refractivity contribution >= 4 is 10.1 Å². The molecule has 0 heterocycles. The summed E-state index contributed by atoms with van der Waals surface area (Å²) in [5, 5.41) is 8.22. The minimum atomic E-state index is -4.49. The second-order valence-electron chi connectivity index (χ2n) is 1.82. The molecule has 0 aromatic carbocycles. The predicted molar refractivity (Wildman–Crippen MR) is 31.0 cm³/mol. The Morgan fingerprint density at radius 1 is 1.55 bits per heavy atom. The Labute approximate surface area is 86.2 Å². The van der Waals surface area contributed by atoms with E-state index in [1.807, 2.05) is 0 Å². The first-order valence-electron chi connectivity index (χ1n) is 2.40. The molecule has 1 unspecified atom stereocenters. The van der Waals surface area contributed by atoms with E-state index in [4.69, 9.17) is 0 Å². The van der Waals surface area contributed by atoms with E-state index in [0.717, 1.165) is 6.92 Å². The summed E-state index contributed by atoms with van der Waals surface area (Å²) in [4.78, 5) is 8.83. The average molecular weight is 191 g/mol. The molecule has 0 bridgehead atoms. The van der Waals surface area contributed by atoms with Crippen LogP contribution in [0.1, 0.15) is 6.92 Å². The molecule has 0 saturated heterocycles. The summed E-state index contributed by atoms with van der Waals surface area (Å²) in [6.45, 7) is 0.178. The average Bonchev–Trinajstić information content (AvgIpc) is 1.60. The van der Waals surface area contributed by atoms with E-state index in [1.54, 1.807) is 0 Å². The third kappa shape index (κ3) is 6.70. The van der Waals surface area contributed by atoms with Crippen LogP contribution < -0.4 is 29.6 Å². The van der Waals surface area contributed by atoms with Gasteiger partial charge in [0.15, 0.2) is 0 Å². The monoisotopic (exact) mass is 191 g/mol. The predicted octanol–water partition coefficient (Wildman–Crippen LogP) is -3.80. The molecule has 8 heteroatoms. The van der Waals surface area contributed by atoms with Crippen molar-refractivity contribution in [2.24, 2.45) is 0 Å². The molecule has 0 N–H and O–H groups in total. The van der Waals surface area contributed by atoms with Crippen LogP contribution in [0.2, 0.25) is 0 Å². The van der Waals surface area contributed by atoms with Gasteiger partial charge in [0.1, 0.15) is 15.4 Å². The molecule has 0 saturated carbocycles. The van der Waals surface area contributed by atoms with E-state index in [9.17, 15) is 23.1 Å². The van der Waals surface area contributed by atoms with Gasteiger partial charge >= 0.3 is 29.6 Å². The Morgan fingerprint density at radius 3 is 2.00 bits per heavy atom. The van der Waals surface area contributed by atoms with Crippen molar-refractivity contribution in [1.29, 1.82) is 0 Å². The van der Waals surface area contributed by atoms with E-state index >= 15 is 0 Å². The molecule has 0 aliphatic rings. The largest absolute Gasteiger partial charge is 1.00 e. The number of nitro groups is 1. The summed E-state index contributed by atoms with van der Waals surface area (Å²) in [6, 6.07) is 0. The fourth-order valence-electron chi connectivity index (χ4n) is 0.301. The van der Waals surface area contributed by atoms with Gasteiger partial charge in [-0.2, -0.15) is 0 Å². The Morgan fingerprint density at radius 2 is 1.91 bits per heavy atom. The molecule has 0 aliphatic carbocycles. The Bertz CT molecular complexity index is 224. The van der Waals surface area contributed by atoms with Crippen LogP contribution in [0.3, 0.4) is 0 Å². The molecular formula is C3H6NNaO5S. The van der Waals surface area contributed by atoms with Gasteiger partial charge in [-0.3, -0.25) is 10.1 Å². The van der Waals surface area contributed by atoms with Gasteiger partial charge in [-0.05, 0) is 6.92 Å². The molecule has 6 nitrogen and oxygen atoms in total. The normalized spacial score (nSPS) is 13.3. The van der Waals surface area contributed by atoms with E-state index < -0.39 is 26.8 Å². The SMILES string of the molecule is CC(C[N+](=O)[O-])S(=O)(=O)[O-].[Na+]. The maximum atomic E-state index is 10.0. The van der Waals surface area contributed by atoms with Crippen LogP contribution in [0.4, 0.5) is 0 Å². The fourth-order valence-corrected chi connectivity index (χ4v) is 0.606. The topological polar surface area (TPSA) is 100 Å². The Hall–Kier alpha value is 0.310. The van der Waals surface area contributed by atoms with Crippen molar-refractivity contribution < 1.29 is 47.5 Å². The van der Waals surface area contributed by atoms with Crippen LogP contribution in [-0.2, 0) is 10.1 Å². The first-order valence-corrected chi connectivity index (χ1v) is 3.87. The van der Waals surface area contributed by atoms with Gasteiger partial charge < -0.3 is 4.55 Å². The molecule has 0 amide bonds. The van der Waals surface area contributed by atoms with Crippen LogP contribution in [-0.4, -0.2) is 29.7 Å². The molecule has 0 radical (unpaired) electrons. The fraction of sp³-hybridized carbons (Fsp3) is 1.00. The molecule has 0 aliphatic heterocycles. The van der Waals surface area contributed by atoms with Crippen LogP contribution >= 0.6 is 0 Å². The van der Waals surface area contributed by atoms with Gasteiger partial charge in [0.25, 0.3) is 0 Å². The molecule has 1 atom stereocenters. The van der Waals surface area contributed by atoms with Crippen molar-refractivity contribution in [1.82, 2.24) is 0 Å². The van der Waals surface area contributed by atoms with Crippen molar-refractivity contribution in [2.45, 2.75) is 12.2 Å². The van der Waals surface area contributed by atoms with Gasteiger partial charge in [0.05, 0.1) is 0 Å². The van der Waals surface area contributed by atoms with Crippen molar-refractivity contribution in [3.63, 3.8) is 0 Å². The maximum Gasteiger partial charge on any atom is 1.00 e. The summed E-state index contributed by atoms with van der Waals surface area (Å²) in [5.41, 5.74) is 0. The zero-order chi connectivity index (χ0) is 8.36. The van der Waals surface area contributed by atoms with Crippen LogP contribution in [0.25, 0.3) is 0 Å². The van der Waals surface area contributed by atoms with Crippen LogP contribution in [0.5, 0.6) is 0 Å². The van der Waals surface area contributed by atoms with Crippen LogP contribution in [0.15, 0.2) is 0 Å². The summed E-state index contributed by atoms with van der Waals surface area (Å²) >= 11 is 0. The molecule has 0 rings (SSSR count). The van der Waals surface area contributed by atoms with E-state index in [-0.39, 0.29) is 29.6 Å². The van der Waals surface area contributed by atoms with Crippen molar-refractivity contribution in [2.75, 3.05) is 6.54 Å². The summed E-state index contributed by atoms with van der Waals surface area (Å²) < 4.78 is 30.0. The third-order valence-corrected chi connectivity index (χ3v) is 2.03. The molecule has 11 heavy (non-hydrogen) atoms. The van der Waals surface area contributed by atoms with Gasteiger partial charge in [0, 0.05) is 4.92 Å². The zero-order valence-corrected chi connectivity index (χ0v) is 9.00. The summed E-state index contributed by atoms with van der Waals surface area (Å²) in [5.74, 6) is 0. The smallest absolute Gasteiger partial charge is 0.748 e. The Balaban J connectivity index is 0. The van der Waals surface area contributed by atoms with E-state index in [2.05, 4.69) is 0 Å². The molecular weight excluding hydrogens is 185 g/mol. The first-order chi connectivity index (χ1) is 4.34. The summed E-state index contributed by atoms with van der Waals surface area (Å²) in [7, 11) is -4.49. The maximum absolute atomic E-state index is 10.0. The second kappa shape index (κ2) is 5.04. The molecule has 0 spiro atoms. The van der Waals surface area contributed by atoms with Gasteiger partial charge in [-0.1, -0.05) is 0 Å². The Kier molecular flexibility index (Phi) is 6.36. The zero-order valence-electron chi connectivity index (χ0n) is 6.18. The van der Waals surface area contributed by atoms with Gasteiger partial charge in [-0.25, -0.2) is 8.42 Å². The quantitative estimate of drug-likeness (QED) is 0.197. The van der Waals surface area contributed by atoms with Gasteiger partial charge in [-0.15, -0.1) is 0 Å². The summed E-state index contributed by atoms with van der Waals surface area (Å²) in [6.07, 6.45) is 0. The minimum absolute atomic E-state index is 0. The second-order valence-corrected chi connectivity index (χ2v) is 3.61. The standard InChI is InChI=1S/C3H7NO5S.Na/c1-3(2-4(5)6)10(7,8)9;/h3H,2H2,1H3,(H,7,8,9);/q;+1/p-1. The third-order valence-electron chi connectivity index (χ3n) is 0.899. The molecule has 0 aromatic rings. The van der Waals surface area contributed by atoms with Crippen molar-refractivity contribution in [3.8, 4) is 0 Å². The van der Waals surface area contributed by atoms with Gasteiger partial charge in [0.2, 0.25) is 6.54 Å². The molecule has 0 aromatic heterocycles. The molecule has 0 fully saturated rings. The minimum Gasteiger partial charge on any atom is -0.748 e. The van der Waals surface area contributed by atoms with E-state index in [0.29, 0.717) is 0 Å². The number of nitrogens with zero attached hydrogens (tertiary/aromatic N) is 1. The number of hydrogen-bond acceptors (Lipinski definition) is 5. The number of rotatable bonds is 3. The van der Waals surface area contributed by atoms with Crippen molar-refractivity contribution in [3.05, 3.63) is 10.1 Å². The van der Waals surface area contributed by atoms with Crippen LogP contribution in [0, 0.1) is 10.1 Å². The first kappa shape index (κ1) is 13.9. The number of hydrogen-bond donors (Lipinski definition) is 0. The van der Waals surface area contributed by atoms with E-state index in [1.165, 1.54) is 0 Å². The molecule has 60 valence electrons.